The minimum atomic E-state index is -1.13. The summed E-state index contributed by atoms with van der Waals surface area (Å²) < 4.78 is 15.1. The van der Waals surface area contributed by atoms with Crippen molar-refractivity contribution < 1.29 is 19.1 Å². The fraction of sp³-hybridized carbons (Fsp3) is 0.304. The maximum atomic E-state index is 13.5. The summed E-state index contributed by atoms with van der Waals surface area (Å²) in [7, 11) is 0. The van der Waals surface area contributed by atoms with Gasteiger partial charge in [0.2, 0.25) is 0 Å². The Bertz CT molecular complexity index is 1200. The molecule has 0 bridgehead atoms. The number of aromatic nitrogens is 3. The topological polar surface area (TPSA) is 109 Å². The Morgan fingerprint density at radius 1 is 1.16 bits per heavy atom. The van der Waals surface area contributed by atoms with E-state index >= 15 is 0 Å². The van der Waals surface area contributed by atoms with Gasteiger partial charge in [0.05, 0.1) is 17.9 Å². The van der Waals surface area contributed by atoms with Crippen molar-refractivity contribution in [2.75, 3.05) is 5.32 Å². The zero-order valence-corrected chi connectivity index (χ0v) is 18.0. The normalized spacial score (nSPS) is 15.1. The Hall–Kier alpha value is -3.75. The number of carbonyl (C=O) groups excluding carboxylic acids is 1. The number of amides is 1. The molecule has 1 atom stereocenters. The second-order valence-corrected chi connectivity index (χ2v) is 8.26. The lowest BCUT2D eigenvalue weighted by Crippen LogP contribution is -2.43. The monoisotopic (exact) mass is 437 g/mol. The van der Waals surface area contributed by atoms with E-state index in [-0.39, 0.29) is 11.9 Å². The molecule has 0 saturated heterocycles. The average Bonchev–Trinajstić information content (AvgIpc) is 3.35. The molecule has 1 heterocycles. The summed E-state index contributed by atoms with van der Waals surface area (Å²) >= 11 is 0. The molecule has 9 heteroatoms. The molecule has 1 aliphatic rings. The molecule has 2 aromatic carbocycles. The van der Waals surface area contributed by atoms with Crippen LogP contribution in [0.5, 0.6) is 0 Å². The first kappa shape index (κ1) is 21.5. The van der Waals surface area contributed by atoms with Gasteiger partial charge in [0, 0.05) is 11.3 Å². The highest BCUT2D eigenvalue weighted by atomic mass is 19.1. The number of anilines is 1. The number of benzene rings is 2. The van der Waals surface area contributed by atoms with Crippen LogP contribution in [0.25, 0.3) is 5.69 Å². The SMILES string of the molecule is Cc1cc(NC(C)c2cn(-c3ccc(C(=O)NC4(C(=O)O)CC4)c(C)c3)nn2)ccc1F. The van der Waals surface area contributed by atoms with E-state index in [1.54, 1.807) is 55.1 Å². The van der Waals surface area contributed by atoms with Crippen molar-refractivity contribution in [2.45, 2.75) is 45.2 Å². The third kappa shape index (κ3) is 4.18. The molecule has 1 amide bonds. The van der Waals surface area contributed by atoms with E-state index < -0.39 is 17.4 Å². The molecule has 1 aliphatic carbocycles. The lowest BCUT2D eigenvalue weighted by atomic mass is 10.1. The summed E-state index contributed by atoms with van der Waals surface area (Å²) in [4.78, 5) is 23.9. The molecule has 1 saturated carbocycles. The number of carboxylic acids is 1. The van der Waals surface area contributed by atoms with Gasteiger partial charge in [-0.05, 0) is 81.1 Å². The van der Waals surface area contributed by atoms with Gasteiger partial charge in [-0.15, -0.1) is 5.10 Å². The van der Waals surface area contributed by atoms with Crippen molar-refractivity contribution in [3.63, 3.8) is 0 Å². The summed E-state index contributed by atoms with van der Waals surface area (Å²) in [5.41, 5.74) is 2.75. The first-order chi connectivity index (χ1) is 15.2. The second kappa shape index (κ2) is 8.07. The van der Waals surface area contributed by atoms with Gasteiger partial charge in [-0.2, -0.15) is 0 Å². The first-order valence-corrected chi connectivity index (χ1v) is 10.3. The summed E-state index contributed by atoms with van der Waals surface area (Å²) in [6.07, 6.45) is 2.67. The number of halogens is 1. The van der Waals surface area contributed by atoms with Crippen molar-refractivity contribution in [1.82, 2.24) is 20.3 Å². The van der Waals surface area contributed by atoms with Gasteiger partial charge in [-0.1, -0.05) is 5.21 Å². The highest BCUT2D eigenvalue weighted by molar-refractivity contribution is 6.00. The summed E-state index contributed by atoms with van der Waals surface area (Å²) in [6.45, 7) is 5.43. The van der Waals surface area contributed by atoms with Crippen molar-refractivity contribution >= 4 is 17.6 Å². The molecule has 1 aromatic heterocycles. The third-order valence-electron chi connectivity index (χ3n) is 5.73. The van der Waals surface area contributed by atoms with Gasteiger partial charge in [0.1, 0.15) is 17.1 Å². The smallest absolute Gasteiger partial charge is 0.329 e. The Morgan fingerprint density at radius 2 is 1.91 bits per heavy atom. The molecular formula is C23H24FN5O3. The Labute approximate surface area is 184 Å². The highest BCUT2D eigenvalue weighted by Crippen LogP contribution is 2.36. The lowest BCUT2D eigenvalue weighted by molar-refractivity contribution is -0.140. The predicted octanol–water partition coefficient (Wildman–Crippen LogP) is 3.54. The molecular weight excluding hydrogens is 413 g/mol. The van der Waals surface area contributed by atoms with Crippen molar-refractivity contribution in [3.05, 3.63) is 70.8 Å². The van der Waals surface area contributed by atoms with Crippen LogP contribution in [0.2, 0.25) is 0 Å². The first-order valence-electron chi connectivity index (χ1n) is 10.3. The largest absolute Gasteiger partial charge is 0.480 e. The van der Waals surface area contributed by atoms with Crippen LogP contribution in [0, 0.1) is 19.7 Å². The number of nitrogens with one attached hydrogen (secondary N) is 2. The van der Waals surface area contributed by atoms with E-state index in [1.165, 1.54) is 6.07 Å². The van der Waals surface area contributed by atoms with Crippen molar-refractivity contribution in [2.24, 2.45) is 0 Å². The minimum Gasteiger partial charge on any atom is -0.480 e. The fourth-order valence-electron chi connectivity index (χ4n) is 3.51. The standard InChI is InChI=1S/C23H24FN5O3/c1-13-11-17(5-6-18(13)21(30)26-23(8-9-23)22(31)32)29-12-20(27-28-29)15(3)25-16-4-7-19(24)14(2)10-16/h4-7,10-12,15,25H,8-9H2,1-3H3,(H,26,30)(H,31,32). The van der Waals surface area contributed by atoms with Crippen LogP contribution in [-0.4, -0.2) is 37.5 Å². The van der Waals surface area contributed by atoms with Gasteiger partial charge < -0.3 is 15.7 Å². The lowest BCUT2D eigenvalue weighted by Gasteiger charge is -2.14. The number of nitrogens with zero attached hydrogens (tertiary/aromatic N) is 3. The van der Waals surface area contributed by atoms with Gasteiger partial charge in [-0.25, -0.2) is 13.9 Å². The Balaban J connectivity index is 1.47. The summed E-state index contributed by atoms with van der Waals surface area (Å²) in [5.74, 6) is -1.66. The maximum Gasteiger partial charge on any atom is 0.329 e. The van der Waals surface area contributed by atoms with E-state index in [0.29, 0.717) is 35.2 Å². The predicted molar refractivity (Wildman–Crippen MR) is 116 cm³/mol. The molecule has 3 aromatic rings. The number of hydrogen-bond donors (Lipinski definition) is 3. The molecule has 0 radical (unpaired) electrons. The Kier molecular flexibility index (Phi) is 5.41. The second-order valence-electron chi connectivity index (χ2n) is 8.26. The molecule has 3 N–H and O–H groups in total. The average molecular weight is 437 g/mol. The van der Waals surface area contributed by atoms with Crippen LogP contribution in [-0.2, 0) is 4.79 Å². The zero-order chi connectivity index (χ0) is 23.0. The molecule has 1 unspecified atom stereocenters. The molecule has 0 spiro atoms. The number of rotatable bonds is 7. The van der Waals surface area contributed by atoms with Gasteiger partial charge in [0.25, 0.3) is 5.91 Å². The van der Waals surface area contributed by atoms with Crippen LogP contribution in [0.4, 0.5) is 10.1 Å². The van der Waals surface area contributed by atoms with Gasteiger partial charge >= 0.3 is 5.97 Å². The Morgan fingerprint density at radius 3 is 2.53 bits per heavy atom. The highest BCUT2D eigenvalue weighted by Gasteiger charge is 2.51. The van der Waals surface area contributed by atoms with E-state index in [0.717, 1.165) is 11.4 Å². The molecule has 0 aliphatic heterocycles. The fourth-order valence-corrected chi connectivity index (χ4v) is 3.51. The van der Waals surface area contributed by atoms with Gasteiger partial charge in [0.15, 0.2) is 0 Å². The minimum absolute atomic E-state index is 0.162. The maximum absolute atomic E-state index is 13.5. The number of carboxylic acid groups (broad SMARTS) is 1. The van der Waals surface area contributed by atoms with Gasteiger partial charge in [-0.3, -0.25) is 4.79 Å². The quantitative estimate of drug-likeness (QED) is 0.522. The number of aliphatic carboxylic acids is 1. The number of carbonyl (C=O) groups is 2. The zero-order valence-electron chi connectivity index (χ0n) is 18.0. The summed E-state index contributed by atoms with van der Waals surface area (Å²) in [6, 6.07) is 9.86. The van der Waals surface area contributed by atoms with E-state index in [4.69, 9.17) is 0 Å². The van der Waals surface area contributed by atoms with Crippen molar-refractivity contribution in [3.8, 4) is 5.69 Å². The molecule has 4 rings (SSSR count). The molecule has 8 nitrogen and oxygen atoms in total. The van der Waals surface area contributed by atoms with E-state index in [9.17, 15) is 19.1 Å². The van der Waals surface area contributed by atoms with Crippen LogP contribution in [0.3, 0.4) is 0 Å². The van der Waals surface area contributed by atoms with Crippen LogP contribution in [0.1, 0.15) is 53.0 Å². The number of hydrogen-bond acceptors (Lipinski definition) is 5. The molecule has 166 valence electrons. The number of aryl methyl sites for hydroxylation is 2. The van der Waals surface area contributed by atoms with E-state index in [2.05, 4.69) is 20.9 Å². The third-order valence-corrected chi connectivity index (χ3v) is 5.73. The molecule has 1 fully saturated rings. The summed E-state index contributed by atoms with van der Waals surface area (Å²) in [5, 5.41) is 23.6. The van der Waals surface area contributed by atoms with Crippen LogP contribution >= 0.6 is 0 Å². The van der Waals surface area contributed by atoms with Crippen LogP contribution < -0.4 is 10.6 Å². The van der Waals surface area contributed by atoms with E-state index in [1.807, 2.05) is 6.92 Å². The van der Waals surface area contributed by atoms with Crippen molar-refractivity contribution in [1.29, 1.82) is 0 Å². The van der Waals surface area contributed by atoms with Crippen LogP contribution in [0.15, 0.2) is 42.6 Å². The molecule has 32 heavy (non-hydrogen) atoms.